The molecule has 0 aliphatic carbocycles. The van der Waals surface area contributed by atoms with Crippen LogP contribution < -0.4 is 4.90 Å². The van der Waals surface area contributed by atoms with E-state index in [4.69, 9.17) is 5.26 Å². The zero-order valence-electron chi connectivity index (χ0n) is 10.3. The molecule has 0 radical (unpaired) electrons. The van der Waals surface area contributed by atoms with Crippen molar-refractivity contribution in [2.45, 2.75) is 33.2 Å². The topological polar surface area (TPSA) is 52.8 Å². The smallest absolute Gasteiger partial charge is 0.226 e. The lowest BCUT2D eigenvalue weighted by molar-refractivity contribution is 0.499. The minimum Gasteiger partial charge on any atom is -0.341 e. The van der Waals surface area contributed by atoms with Crippen molar-refractivity contribution in [3.63, 3.8) is 0 Å². The molecule has 4 heteroatoms. The summed E-state index contributed by atoms with van der Waals surface area (Å²) < 4.78 is 0. The van der Waals surface area contributed by atoms with Crippen molar-refractivity contribution in [2.75, 3.05) is 11.9 Å². The molecule has 0 N–H and O–H groups in total. The summed E-state index contributed by atoms with van der Waals surface area (Å²) in [5, 5.41) is 8.77. The molecule has 1 unspecified atom stereocenters. The van der Waals surface area contributed by atoms with Gasteiger partial charge in [0, 0.05) is 19.3 Å². The number of hydrogen-bond donors (Lipinski definition) is 0. The Morgan fingerprint density at radius 2 is 2.12 bits per heavy atom. The molecule has 0 saturated heterocycles. The van der Waals surface area contributed by atoms with Gasteiger partial charge in [-0.1, -0.05) is 13.8 Å². The van der Waals surface area contributed by atoms with Crippen LogP contribution in [0.2, 0.25) is 0 Å². The predicted molar refractivity (Wildman–Crippen MR) is 64.1 cm³/mol. The van der Waals surface area contributed by atoms with Crippen LogP contribution in [0.1, 0.15) is 32.9 Å². The first kappa shape index (κ1) is 12.4. The van der Waals surface area contributed by atoms with Crippen LogP contribution >= 0.6 is 0 Å². The largest absolute Gasteiger partial charge is 0.341 e. The summed E-state index contributed by atoms with van der Waals surface area (Å²) in [7, 11) is 1.96. The van der Waals surface area contributed by atoms with Gasteiger partial charge in [-0.15, -0.1) is 0 Å². The Hall–Kier alpha value is -1.63. The number of aromatic nitrogens is 2. The van der Waals surface area contributed by atoms with Crippen molar-refractivity contribution in [3.8, 4) is 6.07 Å². The highest BCUT2D eigenvalue weighted by Crippen LogP contribution is 2.14. The summed E-state index contributed by atoms with van der Waals surface area (Å²) in [6.07, 6.45) is 2.70. The van der Waals surface area contributed by atoms with Gasteiger partial charge in [-0.2, -0.15) is 5.26 Å². The first-order chi connectivity index (χ1) is 7.54. The van der Waals surface area contributed by atoms with E-state index in [2.05, 4.69) is 30.7 Å². The first-order valence-corrected chi connectivity index (χ1v) is 5.50. The summed E-state index contributed by atoms with van der Waals surface area (Å²) in [5.41, 5.74) is 0.411. The number of rotatable bonds is 4. The monoisotopic (exact) mass is 218 g/mol. The van der Waals surface area contributed by atoms with Gasteiger partial charge in [0.1, 0.15) is 11.8 Å². The molecule has 0 saturated carbocycles. The Morgan fingerprint density at radius 1 is 1.44 bits per heavy atom. The van der Waals surface area contributed by atoms with E-state index in [1.165, 1.54) is 0 Å². The average Bonchev–Trinajstić information content (AvgIpc) is 2.27. The van der Waals surface area contributed by atoms with Crippen molar-refractivity contribution in [2.24, 2.45) is 5.92 Å². The molecule has 0 bridgehead atoms. The zero-order valence-corrected chi connectivity index (χ0v) is 10.3. The standard InChI is InChI=1S/C12H18N4/c1-9(2)7-10(3)16(4)12-14-6-5-11(8-13)15-12/h5-6,9-10H,7H2,1-4H3. The molecule has 0 spiro atoms. The van der Waals surface area contributed by atoms with Crippen molar-refractivity contribution in [1.82, 2.24) is 9.97 Å². The number of nitrogens with zero attached hydrogens (tertiary/aromatic N) is 4. The molecule has 0 aromatic carbocycles. The lowest BCUT2D eigenvalue weighted by Gasteiger charge is -2.26. The normalized spacial score (nSPS) is 12.2. The highest BCUT2D eigenvalue weighted by atomic mass is 15.2. The van der Waals surface area contributed by atoms with Crippen LogP contribution in [0.3, 0.4) is 0 Å². The van der Waals surface area contributed by atoms with Gasteiger partial charge in [0.25, 0.3) is 0 Å². The molecule has 16 heavy (non-hydrogen) atoms. The molecule has 1 aromatic rings. The van der Waals surface area contributed by atoms with Gasteiger partial charge in [0.2, 0.25) is 5.95 Å². The zero-order chi connectivity index (χ0) is 12.1. The fourth-order valence-electron chi connectivity index (χ4n) is 1.62. The first-order valence-electron chi connectivity index (χ1n) is 5.50. The lowest BCUT2D eigenvalue weighted by atomic mass is 10.0. The van der Waals surface area contributed by atoms with Gasteiger partial charge in [-0.25, -0.2) is 9.97 Å². The van der Waals surface area contributed by atoms with Crippen LogP contribution in [0.15, 0.2) is 12.3 Å². The van der Waals surface area contributed by atoms with E-state index < -0.39 is 0 Å². The third-order valence-electron chi connectivity index (χ3n) is 2.55. The van der Waals surface area contributed by atoms with Crippen molar-refractivity contribution in [3.05, 3.63) is 18.0 Å². The van der Waals surface area contributed by atoms with Crippen molar-refractivity contribution in [1.29, 1.82) is 5.26 Å². The minimum absolute atomic E-state index is 0.369. The minimum atomic E-state index is 0.369. The van der Waals surface area contributed by atoms with Crippen molar-refractivity contribution >= 4 is 5.95 Å². The Balaban J connectivity index is 2.79. The van der Waals surface area contributed by atoms with E-state index in [0.29, 0.717) is 23.6 Å². The molecular formula is C12H18N4. The Bertz CT molecular complexity index is 381. The van der Waals surface area contributed by atoms with Gasteiger partial charge in [-0.3, -0.25) is 0 Å². The van der Waals surface area contributed by atoms with Gasteiger partial charge in [-0.05, 0) is 25.3 Å². The van der Waals surface area contributed by atoms with Crippen LogP contribution in [0, 0.1) is 17.2 Å². The van der Waals surface area contributed by atoms with Crippen molar-refractivity contribution < 1.29 is 0 Å². The Morgan fingerprint density at radius 3 is 2.69 bits per heavy atom. The molecule has 0 aliphatic heterocycles. The highest BCUT2D eigenvalue weighted by molar-refractivity contribution is 5.33. The lowest BCUT2D eigenvalue weighted by Crippen LogP contribution is -2.31. The third kappa shape index (κ3) is 3.20. The summed E-state index contributed by atoms with van der Waals surface area (Å²) in [5.74, 6) is 1.25. The molecule has 1 rings (SSSR count). The van der Waals surface area contributed by atoms with E-state index in [0.717, 1.165) is 6.42 Å². The molecule has 1 aromatic heterocycles. The fourth-order valence-corrected chi connectivity index (χ4v) is 1.62. The molecule has 1 heterocycles. The second-order valence-electron chi connectivity index (χ2n) is 4.44. The SMILES string of the molecule is CC(C)CC(C)N(C)c1nccc(C#N)n1. The number of anilines is 1. The fraction of sp³-hybridized carbons (Fsp3) is 0.583. The molecular weight excluding hydrogens is 200 g/mol. The Labute approximate surface area is 96.9 Å². The molecule has 4 nitrogen and oxygen atoms in total. The van der Waals surface area contributed by atoms with E-state index >= 15 is 0 Å². The van der Waals surface area contributed by atoms with E-state index in [1.807, 2.05) is 18.0 Å². The molecule has 1 atom stereocenters. The maximum absolute atomic E-state index is 8.77. The second-order valence-corrected chi connectivity index (χ2v) is 4.44. The van der Waals surface area contributed by atoms with Crippen LogP contribution in [-0.2, 0) is 0 Å². The summed E-state index contributed by atoms with van der Waals surface area (Å²) in [6.45, 7) is 6.52. The summed E-state index contributed by atoms with van der Waals surface area (Å²) >= 11 is 0. The Kier molecular flexibility index (Phi) is 4.24. The molecule has 0 fully saturated rings. The van der Waals surface area contributed by atoms with Crippen LogP contribution in [-0.4, -0.2) is 23.1 Å². The average molecular weight is 218 g/mol. The van der Waals surface area contributed by atoms with Crippen LogP contribution in [0.4, 0.5) is 5.95 Å². The maximum Gasteiger partial charge on any atom is 0.226 e. The van der Waals surface area contributed by atoms with Crippen LogP contribution in [0.25, 0.3) is 0 Å². The van der Waals surface area contributed by atoms with E-state index in [-0.39, 0.29) is 0 Å². The number of nitriles is 1. The van der Waals surface area contributed by atoms with E-state index in [9.17, 15) is 0 Å². The highest BCUT2D eigenvalue weighted by Gasteiger charge is 2.14. The molecule has 0 aliphatic rings. The molecule has 86 valence electrons. The maximum atomic E-state index is 8.77. The van der Waals surface area contributed by atoms with Gasteiger partial charge < -0.3 is 4.90 Å². The van der Waals surface area contributed by atoms with E-state index in [1.54, 1.807) is 12.3 Å². The summed E-state index contributed by atoms with van der Waals surface area (Å²) in [4.78, 5) is 10.4. The quantitative estimate of drug-likeness (QED) is 0.777. The second kappa shape index (κ2) is 5.45. The third-order valence-corrected chi connectivity index (χ3v) is 2.55. The van der Waals surface area contributed by atoms with Crippen LogP contribution in [0.5, 0.6) is 0 Å². The van der Waals surface area contributed by atoms with Gasteiger partial charge >= 0.3 is 0 Å². The number of hydrogen-bond acceptors (Lipinski definition) is 4. The molecule has 0 amide bonds. The summed E-state index contributed by atoms with van der Waals surface area (Å²) in [6, 6.07) is 4.01. The van der Waals surface area contributed by atoms with Gasteiger partial charge in [0.15, 0.2) is 0 Å². The van der Waals surface area contributed by atoms with Gasteiger partial charge in [0.05, 0.1) is 0 Å². The predicted octanol–water partition coefficient (Wildman–Crippen LogP) is 2.22.